The van der Waals surface area contributed by atoms with Crippen LogP contribution in [0.15, 0.2) is 17.2 Å². The molecular weight excluding hydrogens is 262 g/mol. The van der Waals surface area contributed by atoms with Crippen LogP contribution in [0.4, 0.5) is 0 Å². The van der Waals surface area contributed by atoms with E-state index in [1.165, 1.54) is 0 Å². The molecule has 6 heteroatoms. The largest absolute Gasteiger partial charge is 0.363 e. The quantitative estimate of drug-likeness (QED) is 0.865. The zero-order valence-electron chi connectivity index (χ0n) is 11.5. The molecule has 5 nitrogen and oxygen atoms in total. The highest BCUT2D eigenvalue weighted by Gasteiger charge is 2.25. The summed E-state index contributed by atoms with van der Waals surface area (Å²) in [6.07, 6.45) is 5.80. The Bertz CT molecular complexity index is 488. The number of aromatic amines is 1. The molecule has 1 aliphatic heterocycles. The molecule has 0 aromatic carbocycles. The van der Waals surface area contributed by atoms with Crippen molar-refractivity contribution in [2.75, 3.05) is 19.6 Å². The summed E-state index contributed by atoms with van der Waals surface area (Å²) in [5.74, 6) is 0. The molecule has 19 heavy (non-hydrogen) atoms. The number of H-pyrrole nitrogens is 1. The number of nitrogens with zero attached hydrogens (tertiary/aromatic N) is 1. The number of hydrogen-bond acceptors (Lipinski definition) is 3. The summed E-state index contributed by atoms with van der Waals surface area (Å²) in [5, 5.41) is 3.18. The maximum absolute atomic E-state index is 12.5. The van der Waals surface area contributed by atoms with Gasteiger partial charge in [0, 0.05) is 31.5 Å². The fourth-order valence-corrected chi connectivity index (χ4v) is 3.90. The fourth-order valence-electron chi connectivity index (χ4n) is 2.36. The summed E-state index contributed by atoms with van der Waals surface area (Å²) in [5.41, 5.74) is 0.912. The van der Waals surface area contributed by atoms with Crippen LogP contribution in [0.25, 0.3) is 0 Å². The van der Waals surface area contributed by atoms with Gasteiger partial charge in [-0.3, -0.25) is 0 Å². The van der Waals surface area contributed by atoms with Gasteiger partial charge in [-0.05, 0) is 25.5 Å². The van der Waals surface area contributed by atoms with Gasteiger partial charge < -0.3 is 10.3 Å². The minimum Gasteiger partial charge on any atom is -0.363 e. The lowest BCUT2D eigenvalue weighted by Crippen LogP contribution is -2.31. The van der Waals surface area contributed by atoms with Crippen LogP contribution in [0.3, 0.4) is 0 Å². The Morgan fingerprint density at radius 1 is 1.26 bits per heavy atom. The molecule has 2 heterocycles. The van der Waals surface area contributed by atoms with E-state index in [4.69, 9.17) is 0 Å². The number of rotatable bonds is 5. The van der Waals surface area contributed by atoms with Crippen LogP contribution < -0.4 is 5.32 Å². The Hall–Kier alpha value is -0.850. The normalized spacial score (nSPS) is 18.4. The zero-order valence-corrected chi connectivity index (χ0v) is 12.3. The van der Waals surface area contributed by atoms with Gasteiger partial charge in [-0.1, -0.05) is 19.8 Å². The van der Waals surface area contributed by atoms with Crippen molar-refractivity contribution in [2.24, 2.45) is 0 Å². The summed E-state index contributed by atoms with van der Waals surface area (Å²) in [4.78, 5) is 3.42. The molecule has 1 saturated heterocycles. The number of hydrogen-bond donors (Lipinski definition) is 2. The van der Waals surface area contributed by atoms with Crippen LogP contribution >= 0.6 is 0 Å². The fraction of sp³-hybridized carbons (Fsp3) is 0.692. The first kappa shape index (κ1) is 14.6. The van der Waals surface area contributed by atoms with Crippen molar-refractivity contribution in [3.8, 4) is 0 Å². The molecule has 0 atom stereocenters. The molecule has 108 valence electrons. The van der Waals surface area contributed by atoms with Crippen LogP contribution in [0.1, 0.15) is 38.3 Å². The van der Waals surface area contributed by atoms with Crippen LogP contribution in [0, 0.1) is 0 Å². The lowest BCUT2D eigenvalue weighted by molar-refractivity contribution is 0.424. The zero-order chi connectivity index (χ0) is 13.7. The molecule has 0 aliphatic carbocycles. The van der Waals surface area contributed by atoms with Crippen LogP contribution in [-0.2, 0) is 16.6 Å². The van der Waals surface area contributed by atoms with E-state index in [-0.39, 0.29) is 0 Å². The van der Waals surface area contributed by atoms with Crippen molar-refractivity contribution in [3.63, 3.8) is 0 Å². The Labute approximate surface area is 115 Å². The molecule has 2 rings (SSSR count). The topological polar surface area (TPSA) is 65.2 Å². The van der Waals surface area contributed by atoms with Gasteiger partial charge in [0.2, 0.25) is 10.0 Å². The molecule has 1 aromatic heterocycles. The summed E-state index contributed by atoms with van der Waals surface area (Å²) in [6, 6.07) is 1.74. The maximum Gasteiger partial charge on any atom is 0.244 e. The van der Waals surface area contributed by atoms with E-state index in [9.17, 15) is 8.42 Å². The third kappa shape index (κ3) is 3.58. The monoisotopic (exact) mass is 285 g/mol. The predicted octanol–water partition coefficient (Wildman–Crippen LogP) is 1.69. The van der Waals surface area contributed by atoms with E-state index in [0.717, 1.165) is 37.9 Å². The molecular formula is C13H23N3O2S. The van der Waals surface area contributed by atoms with Crippen molar-refractivity contribution < 1.29 is 8.42 Å². The Balaban J connectivity index is 2.11. The highest BCUT2D eigenvalue weighted by atomic mass is 32.2. The van der Waals surface area contributed by atoms with Gasteiger partial charge in [0.25, 0.3) is 0 Å². The number of aromatic nitrogens is 1. The first-order valence-electron chi connectivity index (χ1n) is 7.02. The molecule has 0 unspecified atom stereocenters. The molecule has 0 bridgehead atoms. The summed E-state index contributed by atoms with van der Waals surface area (Å²) < 4.78 is 26.7. The summed E-state index contributed by atoms with van der Waals surface area (Å²) in [6.45, 7) is 4.86. The molecule has 2 N–H and O–H groups in total. The first-order chi connectivity index (χ1) is 9.14. The molecule has 1 aliphatic rings. The van der Waals surface area contributed by atoms with E-state index in [0.29, 0.717) is 24.5 Å². The van der Waals surface area contributed by atoms with Gasteiger partial charge in [-0.2, -0.15) is 4.31 Å². The average molecular weight is 285 g/mol. The smallest absolute Gasteiger partial charge is 0.244 e. The standard InChI is InChI=1S/C13H23N3O2S/c1-2-14-10-12-9-13(11-15-12)19(17,18)16-7-5-3-4-6-8-16/h9,11,14-15H,2-8,10H2,1H3. The van der Waals surface area contributed by atoms with Gasteiger partial charge in [-0.25, -0.2) is 8.42 Å². The van der Waals surface area contributed by atoms with Gasteiger partial charge in [0.05, 0.1) is 4.90 Å². The van der Waals surface area contributed by atoms with Gasteiger partial charge in [0.15, 0.2) is 0 Å². The van der Waals surface area contributed by atoms with Crippen molar-refractivity contribution in [1.82, 2.24) is 14.6 Å². The van der Waals surface area contributed by atoms with Crippen LogP contribution in [-0.4, -0.2) is 37.3 Å². The lowest BCUT2D eigenvalue weighted by Gasteiger charge is -2.18. The number of nitrogens with one attached hydrogen (secondary N) is 2. The minimum atomic E-state index is -3.32. The van der Waals surface area contributed by atoms with Gasteiger partial charge in [0.1, 0.15) is 0 Å². The second-order valence-corrected chi connectivity index (χ2v) is 6.90. The Morgan fingerprint density at radius 3 is 2.58 bits per heavy atom. The lowest BCUT2D eigenvalue weighted by atomic mass is 10.2. The molecule has 0 amide bonds. The van der Waals surface area contributed by atoms with Gasteiger partial charge in [-0.15, -0.1) is 0 Å². The van der Waals surface area contributed by atoms with Crippen molar-refractivity contribution >= 4 is 10.0 Å². The van der Waals surface area contributed by atoms with E-state index >= 15 is 0 Å². The highest BCUT2D eigenvalue weighted by Crippen LogP contribution is 2.20. The summed E-state index contributed by atoms with van der Waals surface area (Å²) in [7, 11) is -3.32. The van der Waals surface area contributed by atoms with Crippen LogP contribution in [0.5, 0.6) is 0 Å². The maximum atomic E-state index is 12.5. The van der Waals surface area contributed by atoms with Crippen molar-refractivity contribution in [1.29, 1.82) is 0 Å². The Morgan fingerprint density at radius 2 is 1.95 bits per heavy atom. The van der Waals surface area contributed by atoms with E-state index in [1.807, 2.05) is 6.92 Å². The minimum absolute atomic E-state index is 0.391. The Kier molecular flexibility index (Phi) is 5.01. The SMILES string of the molecule is CCNCc1cc(S(=O)(=O)N2CCCCCC2)c[nH]1. The van der Waals surface area contributed by atoms with E-state index < -0.39 is 10.0 Å². The van der Waals surface area contributed by atoms with E-state index in [1.54, 1.807) is 16.6 Å². The molecule has 1 fully saturated rings. The third-order valence-corrected chi connectivity index (χ3v) is 5.36. The van der Waals surface area contributed by atoms with Crippen molar-refractivity contribution in [2.45, 2.75) is 44.0 Å². The predicted molar refractivity (Wildman–Crippen MR) is 75.4 cm³/mol. The van der Waals surface area contributed by atoms with E-state index in [2.05, 4.69) is 10.3 Å². The van der Waals surface area contributed by atoms with Crippen LogP contribution in [0.2, 0.25) is 0 Å². The second-order valence-electron chi connectivity index (χ2n) is 4.96. The highest BCUT2D eigenvalue weighted by molar-refractivity contribution is 7.89. The molecule has 0 radical (unpaired) electrons. The average Bonchev–Trinajstić information content (AvgIpc) is 2.70. The van der Waals surface area contributed by atoms with Crippen molar-refractivity contribution in [3.05, 3.63) is 18.0 Å². The molecule has 0 spiro atoms. The molecule has 1 aromatic rings. The third-order valence-electron chi connectivity index (χ3n) is 3.48. The second kappa shape index (κ2) is 6.54. The first-order valence-corrected chi connectivity index (χ1v) is 8.47. The van der Waals surface area contributed by atoms with Gasteiger partial charge >= 0.3 is 0 Å². The molecule has 0 saturated carbocycles. The summed E-state index contributed by atoms with van der Waals surface area (Å²) >= 11 is 0. The number of sulfonamides is 1.